The Balaban J connectivity index is 2.78. The molecule has 0 spiro atoms. The summed E-state index contributed by atoms with van der Waals surface area (Å²) < 4.78 is 4.57. The number of hydrogen-bond donors (Lipinski definition) is 0. The van der Waals surface area contributed by atoms with Crippen LogP contribution < -0.4 is 0 Å². The molecule has 1 aromatic rings. The second-order valence-corrected chi connectivity index (χ2v) is 3.66. The van der Waals surface area contributed by atoms with Gasteiger partial charge in [0.15, 0.2) is 0 Å². The molecule has 1 rings (SSSR count). The average molecular weight is 218 g/mol. The van der Waals surface area contributed by atoms with Crippen LogP contribution >= 0.6 is 0 Å². The van der Waals surface area contributed by atoms with E-state index in [9.17, 15) is 4.79 Å². The zero-order valence-electron chi connectivity index (χ0n) is 9.90. The van der Waals surface area contributed by atoms with Gasteiger partial charge in [-0.15, -0.1) is 0 Å². The van der Waals surface area contributed by atoms with E-state index in [1.54, 1.807) is 0 Å². The van der Waals surface area contributed by atoms with Crippen LogP contribution in [0, 0.1) is 0 Å². The molecule has 0 aliphatic carbocycles. The molecule has 2 heteroatoms. The second kappa shape index (κ2) is 6.83. The van der Waals surface area contributed by atoms with Crippen LogP contribution in [0.15, 0.2) is 30.3 Å². The van der Waals surface area contributed by atoms with Crippen molar-refractivity contribution in [3.8, 4) is 0 Å². The molecule has 0 aromatic heterocycles. The summed E-state index contributed by atoms with van der Waals surface area (Å²) in [6.45, 7) is 2.17. The van der Waals surface area contributed by atoms with Gasteiger partial charge in [-0.1, -0.05) is 37.6 Å². The van der Waals surface area contributed by atoms with Crippen LogP contribution in [0.5, 0.6) is 0 Å². The van der Waals surface area contributed by atoms with Crippen LogP contribution in [0.1, 0.15) is 30.9 Å². The molecule has 0 bridgehead atoms. The summed E-state index contributed by atoms with van der Waals surface area (Å²) in [5, 5.41) is 0. The summed E-state index contributed by atoms with van der Waals surface area (Å²) in [6, 6.07) is 8.13. The highest BCUT2D eigenvalue weighted by molar-refractivity contribution is 5.87. The summed E-state index contributed by atoms with van der Waals surface area (Å²) in [7, 11) is 1.38. The Morgan fingerprint density at radius 3 is 2.81 bits per heavy atom. The van der Waals surface area contributed by atoms with Gasteiger partial charge in [-0.3, -0.25) is 0 Å². The minimum Gasteiger partial charge on any atom is -0.466 e. The van der Waals surface area contributed by atoms with E-state index in [1.165, 1.54) is 31.6 Å². The Morgan fingerprint density at radius 2 is 2.12 bits per heavy atom. The molecule has 0 amide bonds. The molecule has 0 heterocycles. The highest BCUT2D eigenvalue weighted by Gasteiger charge is 1.99. The largest absolute Gasteiger partial charge is 0.466 e. The number of methoxy groups -OCH3 is 1. The van der Waals surface area contributed by atoms with Crippen molar-refractivity contribution >= 4 is 12.0 Å². The van der Waals surface area contributed by atoms with Gasteiger partial charge in [-0.25, -0.2) is 4.79 Å². The monoisotopic (exact) mass is 218 g/mol. The lowest BCUT2D eigenvalue weighted by Gasteiger charge is -2.04. The first-order valence-corrected chi connectivity index (χ1v) is 5.62. The van der Waals surface area contributed by atoms with Crippen LogP contribution in [-0.2, 0) is 16.0 Å². The predicted molar refractivity (Wildman–Crippen MR) is 66.1 cm³/mol. The maximum Gasteiger partial charge on any atom is 0.330 e. The van der Waals surface area contributed by atoms with Gasteiger partial charge in [0.1, 0.15) is 0 Å². The first-order valence-electron chi connectivity index (χ1n) is 5.62. The van der Waals surface area contributed by atoms with Gasteiger partial charge in [0, 0.05) is 6.08 Å². The van der Waals surface area contributed by atoms with Crippen LogP contribution in [0.2, 0.25) is 0 Å². The first kappa shape index (κ1) is 12.5. The van der Waals surface area contributed by atoms with Crippen LogP contribution in [0.25, 0.3) is 6.08 Å². The minimum atomic E-state index is -0.315. The number of ether oxygens (including phenoxy) is 1. The molecule has 2 nitrogen and oxygen atoms in total. The van der Waals surface area contributed by atoms with Gasteiger partial charge in [-0.05, 0) is 30.0 Å². The van der Waals surface area contributed by atoms with E-state index in [0.717, 1.165) is 12.0 Å². The summed E-state index contributed by atoms with van der Waals surface area (Å²) in [4.78, 5) is 11.0. The summed E-state index contributed by atoms with van der Waals surface area (Å²) in [5.41, 5.74) is 2.38. The SMILES string of the molecule is CCCCc1ccccc1C=CC(=O)OC. The third-order valence-electron chi connectivity index (χ3n) is 2.45. The van der Waals surface area contributed by atoms with E-state index in [2.05, 4.69) is 17.7 Å². The smallest absolute Gasteiger partial charge is 0.330 e. The highest BCUT2D eigenvalue weighted by Crippen LogP contribution is 2.13. The quantitative estimate of drug-likeness (QED) is 0.560. The van der Waals surface area contributed by atoms with Crippen LogP contribution in [-0.4, -0.2) is 13.1 Å². The standard InChI is InChI=1S/C14H18O2/c1-3-4-7-12-8-5-6-9-13(12)10-11-14(15)16-2/h5-6,8-11H,3-4,7H2,1-2H3. The molecule has 0 aliphatic heterocycles. The van der Waals surface area contributed by atoms with E-state index in [1.807, 2.05) is 24.3 Å². The fourth-order valence-corrected chi connectivity index (χ4v) is 1.52. The van der Waals surface area contributed by atoms with E-state index in [-0.39, 0.29) is 5.97 Å². The number of rotatable bonds is 5. The third kappa shape index (κ3) is 3.89. The molecule has 86 valence electrons. The molecular formula is C14H18O2. The Kier molecular flexibility index (Phi) is 5.34. The molecule has 0 aliphatic rings. The van der Waals surface area contributed by atoms with Crippen molar-refractivity contribution in [3.63, 3.8) is 0 Å². The molecule has 1 aromatic carbocycles. The van der Waals surface area contributed by atoms with Gasteiger partial charge in [0.2, 0.25) is 0 Å². The van der Waals surface area contributed by atoms with Crippen LogP contribution in [0.3, 0.4) is 0 Å². The Bertz CT molecular complexity index is 367. The van der Waals surface area contributed by atoms with E-state index in [0.29, 0.717) is 0 Å². The third-order valence-corrected chi connectivity index (χ3v) is 2.45. The van der Waals surface area contributed by atoms with Crippen molar-refractivity contribution < 1.29 is 9.53 Å². The van der Waals surface area contributed by atoms with Crippen molar-refractivity contribution in [3.05, 3.63) is 41.5 Å². The molecule has 0 saturated heterocycles. The molecule has 0 radical (unpaired) electrons. The molecule has 16 heavy (non-hydrogen) atoms. The fraction of sp³-hybridized carbons (Fsp3) is 0.357. The Hall–Kier alpha value is -1.57. The minimum absolute atomic E-state index is 0.315. The zero-order chi connectivity index (χ0) is 11.8. The predicted octanol–water partition coefficient (Wildman–Crippen LogP) is 3.22. The Labute approximate surface area is 96.9 Å². The molecule has 0 unspecified atom stereocenters. The van der Waals surface area contributed by atoms with E-state index < -0.39 is 0 Å². The maximum atomic E-state index is 11.0. The van der Waals surface area contributed by atoms with Gasteiger partial charge < -0.3 is 4.74 Å². The fourth-order valence-electron chi connectivity index (χ4n) is 1.52. The number of benzene rings is 1. The highest BCUT2D eigenvalue weighted by atomic mass is 16.5. The summed E-state index contributed by atoms with van der Waals surface area (Å²) >= 11 is 0. The number of esters is 1. The lowest BCUT2D eigenvalue weighted by Crippen LogP contribution is -1.94. The van der Waals surface area contributed by atoms with Crippen molar-refractivity contribution in [1.82, 2.24) is 0 Å². The number of unbranched alkanes of at least 4 members (excludes halogenated alkanes) is 1. The first-order chi connectivity index (χ1) is 7.77. The summed E-state index contributed by atoms with van der Waals surface area (Å²) in [6.07, 6.45) is 6.68. The molecular weight excluding hydrogens is 200 g/mol. The second-order valence-electron chi connectivity index (χ2n) is 3.66. The number of carbonyl (C=O) groups is 1. The van der Waals surface area contributed by atoms with Crippen molar-refractivity contribution in [2.24, 2.45) is 0 Å². The van der Waals surface area contributed by atoms with Crippen LogP contribution in [0.4, 0.5) is 0 Å². The van der Waals surface area contributed by atoms with Crippen molar-refractivity contribution in [1.29, 1.82) is 0 Å². The molecule has 0 N–H and O–H groups in total. The molecule has 0 atom stereocenters. The van der Waals surface area contributed by atoms with Crippen molar-refractivity contribution in [2.75, 3.05) is 7.11 Å². The number of carbonyl (C=O) groups excluding carboxylic acids is 1. The summed E-state index contributed by atoms with van der Waals surface area (Å²) in [5.74, 6) is -0.315. The number of hydrogen-bond acceptors (Lipinski definition) is 2. The van der Waals surface area contributed by atoms with Crippen molar-refractivity contribution in [2.45, 2.75) is 26.2 Å². The normalized spacial score (nSPS) is 10.6. The van der Waals surface area contributed by atoms with Gasteiger partial charge >= 0.3 is 5.97 Å². The lowest BCUT2D eigenvalue weighted by molar-refractivity contribution is -0.134. The van der Waals surface area contributed by atoms with Gasteiger partial charge in [0.25, 0.3) is 0 Å². The zero-order valence-corrected chi connectivity index (χ0v) is 9.90. The lowest BCUT2D eigenvalue weighted by atomic mass is 10.0. The topological polar surface area (TPSA) is 26.3 Å². The Morgan fingerprint density at radius 1 is 1.38 bits per heavy atom. The van der Waals surface area contributed by atoms with Gasteiger partial charge in [0.05, 0.1) is 7.11 Å². The van der Waals surface area contributed by atoms with E-state index >= 15 is 0 Å². The molecule has 0 saturated carbocycles. The van der Waals surface area contributed by atoms with Gasteiger partial charge in [-0.2, -0.15) is 0 Å². The maximum absolute atomic E-state index is 11.0. The average Bonchev–Trinajstić information content (AvgIpc) is 2.34. The van der Waals surface area contributed by atoms with E-state index in [4.69, 9.17) is 0 Å². The molecule has 0 fully saturated rings. The number of aryl methyl sites for hydroxylation is 1.